The molecule has 152 valence electrons. The van der Waals surface area contributed by atoms with E-state index in [-0.39, 0.29) is 18.0 Å². The summed E-state index contributed by atoms with van der Waals surface area (Å²) in [5.41, 5.74) is 0.720. The van der Waals surface area contributed by atoms with Crippen LogP contribution in [0.25, 0.3) is 0 Å². The van der Waals surface area contributed by atoms with E-state index in [0.717, 1.165) is 37.8 Å². The average molecular weight is 397 g/mol. The molecule has 1 atom stereocenters. The first kappa shape index (κ1) is 19.4. The van der Waals surface area contributed by atoms with Crippen molar-refractivity contribution in [1.29, 1.82) is 0 Å². The number of carbonyl (C=O) groups excluding carboxylic acids is 2. The molecule has 0 bridgehead atoms. The number of hydrogen-bond acceptors (Lipinski definition) is 4. The Hall–Kier alpha value is -2.96. The Labute approximate surface area is 169 Å². The van der Waals surface area contributed by atoms with E-state index in [9.17, 15) is 14.0 Å². The minimum absolute atomic E-state index is 0.0799. The Kier molecular flexibility index (Phi) is 5.74. The summed E-state index contributed by atoms with van der Waals surface area (Å²) < 4.78 is 18.7. The number of halogens is 1. The van der Waals surface area contributed by atoms with Crippen LogP contribution in [0.2, 0.25) is 0 Å². The third-order valence-electron chi connectivity index (χ3n) is 5.80. The van der Waals surface area contributed by atoms with Crippen molar-refractivity contribution in [2.45, 2.75) is 31.7 Å². The topological polar surface area (TPSA) is 62.7 Å². The van der Waals surface area contributed by atoms with Crippen molar-refractivity contribution in [3.63, 3.8) is 0 Å². The van der Waals surface area contributed by atoms with E-state index >= 15 is 0 Å². The number of hydrogen-bond donors (Lipinski definition) is 0. The van der Waals surface area contributed by atoms with Crippen molar-refractivity contribution in [3.05, 3.63) is 54.6 Å². The summed E-state index contributed by atoms with van der Waals surface area (Å²) in [5, 5.41) is 0. The van der Waals surface area contributed by atoms with E-state index in [0.29, 0.717) is 30.7 Å². The smallest absolute Gasteiger partial charge is 0.410 e. The van der Waals surface area contributed by atoms with Crippen LogP contribution >= 0.6 is 0 Å². The SMILES string of the molecule is O=CN(c1ccc(F)cc1)C(C1CC1)C1CCN(C(=O)Oc2ccncc2)CC1. The van der Waals surface area contributed by atoms with Crippen LogP contribution in [-0.4, -0.2) is 41.5 Å². The van der Waals surface area contributed by atoms with Crippen molar-refractivity contribution in [2.24, 2.45) is 11.8 Å². The third kappa shape index (κ3) is 4.55. The molecule has 2 fully saturated rings. The first-order valence-corrected chi connectivity index (χ1v) is 10.0. The third-order valence-corrected chi connectivity index (χ3v) is 5.80. The standard InChI is InChI=1S/C22H24FN3O3/c23-18-3-5-19(6-4-18)26(15-27)21(16-1-2-16)17-9-13-25(14-10-17)22(28)29-20-7-11-24-12-8-20/h3-8,11-12,15-17,21H,1-2,9-10,13-14H2. The number of rotatable bonds is 6. The highest BCUT2D eigenvalue weighted by atomic mass is 19.1. The molecule has 2 heterocycles. The van der Waals surface area contributed by atoms with Crippen molar-refractivity contribution in [1.82, 2.24) is 9.88 Å². The predicted molar refractivity (Wildman–Crippen MR) is 106 cm³/mol. The summed E-state index contributed by atoms with van der Waals surface area (Å²) >= 11 is 0. The summed E-state index contributed by atoms with van der Waals surface area (Å²) in [5.74, 6) is 0.920. The molecule has 1 aromatic heterocycles. The zero-order valence-corrected chi connectivity index (χ0v) is 16.1. The maximum absolute atomic E-state index is 13.3. The van der Waals surface area contributed by atoms with E-state index in [1.807, 2.05) is 0 Å². The van der Waals surface area contributed by atoms with Crippen LogP contribution in [0.15, 0.2) is 48.8 Å². The number of piperidine rings is 1. The van der Waals surface area contributed by atoms with Gasteiger partial charge in [-0.05, 0) is 73.9 Å². The predicted octanol–water partition coefficient (Wildman–Crippen LogP) is 3.87. The summed E-state index contributed by atoms with van der Waals surface area (Å²) in [4.78, 5) is 31.7. The maximum Gasteiger partial charge on any atom is 0.415 e. The maximum atomic E-state index is 13.3. The highest BCUT2D eigenvalue weighted by Gasteiger charge is 2.42. The number of aromatic nitrogens is 1. The molecule has 29 heavy (non-hydrogen) atoms. The molecule has 1 saturated carbocycles. The number of pyridine rings is 1. The fraction of sp³-hybridized carbons (Fsp3) is 0.409. The van der Waals surface area contributed by atoms with Gasteiger partial charge >= 0.3 is 6.09 Å². The van der Waals surface area contributed by atoms with Gasteiger partial charge in [0.05, 0.1) is 0 Å². The normalized spacial score (nSPS) is 18.2. The molecule has 0 radical (unpaired) electrons. The number of amides is 2. The van der Waals surface area contributed by atoms with Crippen LogP contribution in [0.5, 0.6) is 5.75 Å². The summed E-state index contributed by atoms with van der Waals surface area (Å²) in [6.07, 6.45) is 7.47. The van der Waals surface area contributed by atoms with Crippen LogP contribution in [0.4, 0.5) is 14.9 Å². The lowest BCUT2D eigenvalue weighted by molar-refractivity contribution is -0.108. The molecule has 7 heteroatoms. The molecular formula is C22H24FN3O3. The number of ether oxygens (including phenoxy) is 1. The zero-order valence-electron chi connectivity index (χ0n) is 16.1. The van der Waals surface area contributed by atoms with Crippen LogP contribution in [-0.2, 0) is 4.79 Å². The Morgan fingerprint density at radius 3 is 2.28 bits per heavy atom. The fourth-order valence-electron chi connectivity index (χ4n) is 4.19. The fourth-order valence-corrected chi connectivity index (χ4v) is 4.19. The van der Waals surface area contributed by atoms with E-state index in [2.05, 4.69) is 4.98 Å². The van der Waals surface area contributed by atoms with E-state index in [4.69, 9.17) is 4.74 Å². The van der Waals surface area contributed by atoms with Gasteiger partial charge in [0.1, 0.15) is 11.6 Å². The molecule has 6 nitrogen and oxygen atoms in total. The zero-order chi connectivity index (χ0) is 20.2. The summed E-state index contributed by atoms with van der Waals surface area (Å²) in [6.45, 7) is 1.18. The molecular weight excluding hydrogens is 373 g/mol. The van der Waals surface area contributed by atoms with Crippen molar-refractivity contribution in [2.75, 3.05) is 18.0 Å². The van der Waals surface area contributed by atoms with Gasteiger partial charge in [-0.25, -0.2) is 9.18 Å². The summed E-state index contributed by atoms with van der Waals surface area (Å²) in [7, 11) is 0. The van der Waals surface area contributed by atoms with Crippen molar-refractivity contribution in [3.8, 4) is 5.75 Å². The number of nitrogens with zero attached hydrogens (tertiary/aromatic N) is 3. The van der Waals surface area contributed by atoms with Crippen LogP contribution in [0, 0.1) is 17.7 Å². The minimum Gasteiger partial charge on any atom is -0.410 e. The number of carbonyl (C=O) groups is 2. The highest BCUT2D eigenvalue weighted by molar-refractivity contribution is 5.76. The molecule has 0 N–H and O–H groups in total. The van der Waals surface area contributed by atoms with Gasteiger partial charge in [0.15, 0.2) is 0 Å². The molecule has 2 amide bonds. The van der Waals surface area contributed by atoms with Gasteiger partial charge in [-0.2, -0.15) is 0 Å². The highest BCUT2D eigenvalue weighted by Crippen LogP contribution is 2.42. The van der Waals surface area contributed by atoms with Gasteiger partial charge < -0.3 is 14.5 Å². The summed E-state index contributed by atoms with van der Waals surface area (Å²) in [6, 6.07) is 9.45. The first-order valence-electron chi connectivity index (χ1n) is 10.0. The average Bonchev–Trinajstić information content (AvgIpc) is 3.59. The largest absolute Gasteiger partial charge is 0.415 e. The minimum atomic E-state index is -0.358. The number of likely N-dealkylation sites (tertiary alicyclic amines) is 1. The molecule has 4 rings (SSSR count). The molecule has 1 unspecified atom stereocenters. The molecule has 1 saturated heterocycles. The van der Waals surface area contributed by atoms with E-state index < -0.39 is 0 Å². The van der Waals surface area contributed by atoms with E-state index in [1.165, 1.54) is 12.1 Å². The Morgan fingerprint density at radius 2 is 1.69 bits per heavy atom. The Bertz CT molecular complexity index is 834. The van der Waals surface area contributed by atoms with Gasteiger partial charge in [-0.3, -0.25) is 9.78 Å². The van der Waals surface area contributed by atoms with Crippen LogP contribution in [0.1, 0.15) is 25.7 Å². The number of benzene rings is 1. The molecule has 2 aliphatic rings. The second-order valence-corrected chi connectivity index (χ2v) is 7.69. The monoisotopic (exact) mass is 397 g/mol. The van der Waals surface area contributed by atoms with Gasteiger partial charge in [0, 0.05) is 37.2 Å². The van der Waals surface area contributed by atoms with Crippen LogP contribution in [0.3, 0.4) is 0 Å². The van der Waals surface area contributed by atoms with E-state index in [1.54, 1.807) is 46.5 Å². The first-order chi connectivity index (χ1) is 14.2. The molecule has 2 aromatic rings. The second-order valence-electron chi connectivity index (χ2n) is 7.69. The number of anilines is 1. The lowest BCUT2D eigenvalue weighted by Gasteiger charge is -2.40. The Morgan fingerprint density at radius 1 is 1.07 bits per heavy atom. The van der Waals surface area contributed by atoms with Gasteiger partial charge in [-0.15, -0.1) is 0 Å². The quantitative estimate of drug-likeness (QED) is 0.694. The Balaban J connectivity index is 1.40. The lowest BCUT2D eigenvalue weighted by Crippen LogP contribution is -2.48. The molecule has 1 aliphatic heterocycles. The second kappa shape index (κ2) is 8.59. The van der Waals surface area contributed by atoms with Gasteiger partial charge in [-0.1, -0.05) is 0 Å². The lowest BCUT2D eigenvalue weighted by atomic mass is 9.85. The molecule has 1 aromatic carbocycles. The molecule has 1 aliphatic carbocycles. The van der Waals surface area contributed by atoms with Gasteiger partial charge in [0.2, 0.25) is 6.41 Å². The van der Waals surface area contributed by atoms with Crippen molar-refractivity contribution >= 4 is 18.2 Å². The van der Waals surface area contributed by atoms with Crippen molar-refractivity contribution < 1.29 is 18.7 Å². The van der Waals surface area contributed by atoms with Crippen LogP contribution < -0.4 is 9.64 Å². The molecule has 0 spiro atoms. The van der Waals surface area contributed by atoms with Gasteiger partial charge in [0.25, 0.3) is 0 Å².